The number of thioether (sulfide) groups is 2. The summed E-state index contributed by atoms with van der Waals surface area (Å²) < 4.78 is 0. The van der Waals surface area contributed by atoms with Crippen molar-refractivity contribution in [1.82, 2.24) is 0 Å². The highest BCUT2D eigenvalue weighted by Crippen LogP contribution is 2.67. The number of rotatable bonds is 7. The van der Waals surface area contributed by atoms with Gasteiger partial charge in [-0.3, -0.25) is 0 Å². The van der Waals surface area contributed by atoms with Gasteiger partial charge in [0.25, 0.3) is 0 Å². The van der Waals surface area contributed by atoms with Crippen molar-refractivity contribution in [2.24, 2.45) is 40.1 Å². The van der Waals surface area contributed by atoms with Crippen molar-refractivity contribution in [2.75, 3.05) is 11.5 Å². The summed E-state index contributed by atoms with van der Waals surface area (Å²) in [5.74, 6) is 4.80. The number of hydrogen-bond donors (Lipinski definition) is 3. The van der Waals surface area contributed by atoms with Crippen LogP contribution in [0.25, 0.3) is 0 Å². The van der Waals surface area contributed by atoms with E-state index in [0.717, 1.165) is 17.4 Å². The molecule has 0 aromatic heterocycles. The minimum Gasteiger partial charge on any atom is -0.398 e. The molecular weight excluding hydrogens is 360 g/mol. The fourth-order valence-corrected chi connectivity index (χ4v) is 7.89. The molecule has 3 aliphatic rings. The van der Waals surface area contributed by atoms with E-state index in [-0.39, 0.29) is 0 Å². The lowest BCUT2D eigenvalue weighted by atomic mass is 9.49. The molecule has 5 unspecified atom stereocenters. The lowest BCUT2D eigenvalue weighted by molar-refractivity contribution is 0.116. The maximum Gasteiger partial charge on any atom is 0.125 e. The fraction of sp³-hybridized carbons (Fsp3) is 0.550. The van der Waals surface area contributed by atoms with Crippen molar-refractivity contribution in [3.05, 3.63) is 35.7 Å². The molecule has 5 atom stereocenters. The van der Waals surface area contributed by atoms with Gasteiger partial charge in [-0.2, -0.15) is 11.8 Å². The van der Waals surface area contributed by atoms with E-state index in [1.165, 1.54) is 29.1 Å². The number of para-hydroxylation sites is 1. The van der Waals surface area contributed by atoms with Gasteiger partial charge in [0.1, 0.15) is 11.7 Å². The average Bonchev–Trinajstić information content (AvgIpc) is 2.79. The van der Waals surface area contributed by atoms with Crippen LogP contribution in [0.5, 0.6) is 0 Å². The average molecular weight is 389 g/mol. The smallest absolute Gasteiger partial charge is 0.125 e. The molecule has 2 saturated carbocycles. The third-order valence-corrected chi connectivity index (χ3v) is 9.01. The van der Waals surface area contributed by atoms with Gasteiger partial charge in [0, 0.05) is 32.9 Å². The second-order valence-electron chi connectivity index (χ2n) is 7.95. The van der Waals surface area contributed by atoms with E-state index in [1.807, 2.05) is 23.9 Å². The highest BCUT2D eigenvalue weighted by atomic mass is 32.2. The molecule has 6 heteroatoms. The molecule has 6 N–H and O–H groups in total. The zero-order valence-electron chi connectivity index (χ0n) is 15.4. The molecular formula is C20H28N4S2. The monoisotopic (exact) mass is 388 g/mol. The number of nitrogens with two attached hydrogens (primary N) is 3. The molecule has 1 aliphatic heterocycles. The van der Waals surface area contributed by atoms with Crippen LogP contribution in [0.4, 0.5) is 5.69 Å². The number of amidine groups is 1. The van der Waals surface area contributed by atoms with Gasteiger partial charge in [0.05, 0.1) is 0 Å². The predicted molar refractivity (Wildman–Crippen MR) is 114 cm³/mol. The maximum absolute atomic E-state index is 6.20. The van der Waals surface area contributed by atoms with Crippen LogP contribution in [0.2, 0.25) is 0 Å². The van der Waals surface area contributed by atoms with Crippen LogP contribution >= 0.6 is 23.5 Å². The van der Waals surface area contributed by atoms with Gasteiger partial charge in [0.15, 0.2) is 0 Å². The van der Waals surface area contributed by atoms with Gasteiger partial charge in [0.2, 0.25) is 0 Å². The quantitative estimate of drug-likeness (QED) is 0.489. The molecule has 0 radical (unpaired) electrons. The largest absolute Gasteiger partial charge is 0.398 e. The van der Waals surface area contributed by atoms with Gasteiger partial charge in [-0.25, -0.2) is 4.99 Å². The first-order valence-corrected chi connectivity index (χ1v) is 11.4. The summed E-state index contributed by atoms with van der Waals surface area (Å²) in [6.07, 6.45) is 2.57. The highest BCUT2D eigenvalue weighted by molar-refractivity contribution is 8.04. The molecule has 2 fully saturated rings. The molecule has 4 rings (SSSR count). The molecule has 140 valence electrons. The molecule has 2 aliphatic carbocycles. The Morgan fingerprint density at radius 3 is 2.62 bits per heavy atom. The van der Waals surface area contributed by atoms with E-state index in [4.69, 9.17) is 17.2 Å². The van der Waals surface area contributed by atoms with Crippen molar-refractivity contribution in [2.45, 2.75) is 42.1 Å². The number of nitrogens with zero attached hydrogens (tertiary/aromatic N) is 1. The number of aliphatic imine (C=N–C) groups is 1. The van der Waals surface area contributed by atoms with Gasteiger partial charge in [-0.05, 0) is 41.7 Å². The fourth-order valence-electron chi connectivity index (χ4n) is 4.53. The lowest BCUT2D eigenvalue weighted by Gasteiger charge is -2.63. The molecule has 26 heavy (non-hydrogen) atoms. The van der Waals surface area contributed by atoms with E-state index in [2.05, 4.69) is 42.7 Å². The Labute approximate surface area is 164 Å². The van der Waals surface area contributed by atoms with Gasteiger partial charge >= 0.3 is 0 Å². The number of nitrogen functional groups attached to an aromatic ring is 1. The number of anilines is 1. The van der Waals surface area contributed by atoms with Gasteiger partial charge in [-0.15, -0.1) is 11.8 Å². The first-order chi connectivity index (χ1) is 12.5. The second-order valence-corrected chi connectivity index (χ2v) is 10.5. The summed E-state index contributed by atoms with van der Waals surface area (Å²) in [4.78, 5) is 5.55. The number of benzene rings is 1. The topological polar surface area (TPSA) is 90.4 Å². The summed E-state index contributed by atoms with van der Waals surface area (Å²) in [6, 6.07) is 8.17. The van der Waals surface area contributed by atoms with E-state index in [1.54, 1.807) is 0 Å². The zero-order valence-corrected chi connectivity index (χ0v) is 17.0. The van der Waals surface area contributed by atoms with Crippen molar-refractivity contribution < 1.29 is 0 Å². The van der Waals surface area contributed by atoms with Crippen LogP contribution in [0, 0.1) is 23.7 Å². The van der Waals surface area contributed by atoms with Crippen molar-refractivity contribution in [1.29, 1.82) is 0 Å². The van der Waals surface area contributed by atoms with E-state index in [9.17, 15) is 0 Å². The molecule has 0 saturated heterocycles. The third kappa shape index (κ3) is 2.91. The molecule has 0 bridgehead atoms. The third-order valence-electron chi connectivity index (χ3n) is 5.83. The Balaban J connectivity index is 1.49. The highest BCUT2D eigenvalue weighted by Gasteiger charge is 2.67. The molecule has 0 spiro atoms. The zero-order chi connectivity index (χ0) is 18.4. The van der Waals surface area contributed by atoms with E-state index in [0.29, 0.717) is 34.1 Å². The number of hydrogen-bond acceptors (Lipinski definition) is 6. The normalized spacial score (nSPS) is 32.0. The summed E-state index contributed by atoms with van der Waals surface area (Å²) in [5.41, 5.74) is 20.7. The summed E-state index contributed by atoms with van der Waals surface area (Å²) in [7, 11) is 0. The Kier molecular flexibility index (Phi) is 4.90. The molecule has 1 aromatic rings. The van der Waals surface area contributed by atoms with Crippen molar-refractivity contribution in [3.8, 4) is 0 Å². The first kappa shape index (κ1) is 18.1. The second kappa shape index (κ2) is 7.04. The van der Waals surface area contributed by atoms with Gasteiger partial charge < -0.3 is 17.2 Å². The molecule has 1 aromatic carbocycles. The first-order valence-electron chi connectivity index (χ1n) is 9.45. The van der Waals surface area contributed by atoms with Crippen LogP contribution in [-0.4, -0.2) is 22.1 Å². The van der Waals surface area contributed by atoms with E-state index < -0.39 is 0 Å². The van der Waals surface area contributed by atoms with Crippen LogP contribution in [0.1, 0.15) is 26.7 Å². The Morgan fingerprint density at radius 2 is 1.88 bits per heavy atom. The summed E-state index contributed by atoms with van der Waals surface area (Å²) in [6.45, 7) is 4.59. The predicted octanol–water partition coefficient (Wildman–Crippen LogP) is 3.68. The van der Waals surface area contributed by atoms with E-state index >= 15 is 0 Å². The summed E-state index contributed by atoms with van der Waals surface area (Å²) >= 11 is 4.04. The Hall–Kier alpha value is -1.27. The van der Waals surface area contributed by atoms with Crippen LogP contribution < -0.4 is 17.2 Å². The molecule has 1 heterocycles. The van der Waals surface area contributed by atoms with Gasteiger partial charge in [-0.1, -0.05) is 32.4 Å². The standard InChI is InChI=1S/C20H28N4S2/c1-10(2)6-5-9-25-17-13-14(16-15(13)19(22)24-20(16)23)18(17)26-12-8-4-3-7-11(12)21/h3-4,7-8,10,13-15,17-18H,5-6,9,21,23H2,1-2H3,(H2,22,24). The Morgan fingerprint density at radius 1 is 1.12 bits per heavy atom. The molecule has 0 amide bonds. The van der Waals surface area contributed by atoms with Crippen molar-refractivity contribution >= 4 is 35.0 Å². The molecule has 4 nitrogen and oxygen atoms in total. The maximum atomic E-state index is 6.20. The SMILES string of the molecule is CC(C)CCCSC1C(Sc2ccccc2N)C2C3=C(N)N=C(N)C3C12. The van der Waals surface area contributed by atoms with Crippen LogP contribution in [0.15, 0.2) is 45.5 Å². The minimum absolute atomic E-state index is 0.299. The van der Waals surface area contributed by atoms with Crippen molar-refractivity contribution in [3.63, 3.8) is 0 Å². The number of fused-ring (bicyclic) bond motifs is 4. The Bertz CT molecular complexity index is 758. The minimum atomic E-state index is 0.299. The van der Waals surface area contributed by atoms with Crippen LogP contribution in [0.3, 0.4) is 0 Å². The summed E-state index contributed by atoms with van der Waals surface area (Å²) in [5, 5.41) is 1.12. The van der Waals surface area contributed by atoms with Crippen LogP contribution in [-0.2, 0) is 0 Å². The lowest BCUT2D eigenvalue weighted by Crippen LogP contribution is -2.66.